The number of nitrogens with zero attached hydrogens (tertiary/aromatic N) is 2. The fourth-order valence-electron chi connectivity index (χ4n) is 1.75. The van der Waals surface area contributed by atoms with E-state index in [0.29, 0.717) is 6.04 Å². The smallest absolute Gasteiger partial charge is 0.148 e. The molecule has 0 amide bonds. The van der Waals surface area contributed by atoms with E-state index >= 15 is 0 Å². The second-order valence-corrected chi connectivity index (χ2v) is 4.55. The predicted molar refractivity (Wildman–Crippen MR) is 71.1 cm³/mol. The summed E-state index contributed by atoms with van der Waals surface area (Å²) in [6.07, 6.45) is 2.00. The third-order valence-corrected chi connectivity index (χ3v) is 2.80. The summed E-state index contributed by atoms with van der Waals surface area (Å²) in [5.41, 5.74) is 1.27. The van der Waals surface area contributed by atoms with Gasteiger partial charge in [-0.2, -0.15) is 5.10 Å². The highest BCUT2D eigenvalue weighted by atomic mass is 15.3. The Morgan fingerprint density at radius 1 is 1.06 bits per heavy atom. The number of hydrogen-bond donors (Lipinski definition) is 1. The number of nitrogens with one attached hydrogen (secondary N) is 1. The predicted octanol–water partition coefficient (Wildman–Crippen LogP) is 3.64. The quantitative estimate of drug-likeness (QED) is 0.867. The third-order valence-electron chi connectivity index (χ3n) is 2.80. The Hall–Kier alpha value is -1.77. The molecule has 90 valence electrons. The third kappa shape index (κ3) is 2.87. The molecule has 2 aromatic rings. The molecule has 0 radical (unpaired) electrons. The molecular formula is C14H19N3. The van der Waals surface area contributed by atoms with E-state index in [1.807, 2.05) is 23.0 Å². The molecule has 0 unspecified atom stereocenters. The lowest BCUT2D eigenvalue weighted by molar-refractivity contribution is 0.533. The standard InChI is InChI=1S/C14H19N3/c1-11(2)17-10-9-14(16-17)15-12(3)13-7-5-4-6-8-13/h4-12H,1-3H3,(H,15,16)/t12-/m0/s1. The van der Waals surface area contributed by atoms with Gasteiger partial charge in [0.05, 0.1) is 0 Å². The molecule has 3 heteroatoms. The number of benzene rings is 1. The Labute approximate surface area is 102 Å². The molecule has 0 bridgehead atoms. The van der Waals surface area contributed by atoms with E-state index in [4.69, 9.17) is 0 Å². The highest BCUT2D eigenvalue weighted by Gasteiger charge is 2.07. The minimum Gasteiger partial charge on any atom is -0.362 e. The van der Waals surface area contributed by atoms with Crippen LogP contribution in [0.3, 0.4) is 0 Å². The lowest BCUT2D eigenvalue weighted by Gasteiger charge is -2.13. The van der Waals surface area contributed by atoms with E-state index in [0.717, 1.165) is 5.82 Å². The van der Waals surface area contributed by atoms with Gasteiger partial charge in [0.1, 0.15) is 5.82 Å². The van der Waals surface area contributed by atoms with Gasteiger partial charge in [-0.3, -0.25) is 4.68 Å². The SMILES string of the molecule is CC(C)n1ccc(N[C@@H](C)c2ccccc2)n1. The molecule has 0 fully saturated rings. The lowest BCUT2D eigenvalue weighted by atomic mass is 10.1. The van der Waals surface area contributed by atoms with Crippen molar-refractivity contribution in [1.29, 1.82) is 0 Å². The number of anilines is 1. The van der Waals surface area contributed by atoms with Crippen LogP contribution < -0.4 is 5.32 Å². The molecule has 0 aliphatic carbocycles. The fraction of sp³-hybridized carbons (Fsp3) is 0.357. The Morgan fingerprint density at radius 3 is 2.35 bits per heavy atom. The van der Waals surface area contributed by atoms with Gasteiger partial charge < -0.3 is 5.32 Å². The Morgan fingerprint density at radius 2 is 1.76 bits per heavy atom. The van der Waals surface area contributed by atoms with Gasteiger partial charge in [-0.25, -0.2) is 0 Å². The first kappa shape index (κ1) is 11.7. The molecule has 1 aromatic heterocycles. The van der Waals surface area contributed by atoms with E-state index in [9.17, 15) is 0 Å². The number of hydrogen-bond acceptors (Lipinski definition) is 2. The molecule has 1 heterocycles. The molecule has 1 atom stereocenters. The van der Waals surface area contributed by atoms with Crippen molar-refractivity contribution in [2.45, 2.75) is 32.9 Å². The van der Waals surface area contributed by atoms with Crippen LogP contribution in [0, 0.1) is 0 Å². The molecule has 1 aromatic carbocycles. The summed E-state index contributed by atoms with van der Waals surface area (Å²) in [6, 6.07) is 13.1. The number of aromatic nitrogens is 2. The fourth-order valence-corrected chi connectivity index (χ4v) is 1.75. The second-order valence-electron chi connectivity index (χ2n) is 4.55. The Bertz CT molecular complexity index is 459. The van der Waals surface area contributed by atoms with Gasteiger partial charge in [-0.1, -0.05) is 30.3 Å². The van der Waals surface area contributed by atoms with Crippen LogP contribution in [0.25, 0.3) is 0 Å². The maximum atomic E-state index is 4.48. The zero-order valence-electron chi connectivity index (χ0n) is 10.6. The topological polar surface area (TPSA) is 29.9 Å². The van der Waals surface area contributed by atoms with Gasteiger partial charge in [0.15, 0.2) is 0 Å². The first-order valence-corrected chi connectivity index (χ1v) is 6.03. The molecule has 0 saturated heterocycles. The van der Waals surface area contributed by atoms with E-state index in [1.54, 1.807) is 0 Å². The largest absolute Gasteiger partial charge is 0.362 e. The minimum atomic E-state index is 0.270. The van der Waals surface area contributed by atoms with Gasteiger partial charge in [-0.15, -0.1) is 0 Å². The van der Waals surface area contributed by atoms with Crippen molar-refractivity contribution < 1.29 is 0 Å². The lowest BCUT2D eigenvalue weighted by Crippen LogP contribution is -2.08. The van der Waals surface area contributed by atoms with Crippen molar-refractivity contribution in [3.05, 3.63) is 48.2 Å². The van der Waals surface area contributed by atoms with Crippen LogP contribution in [0.15, 0.2) is 42.6 Å². The summed E-state index contributed by atoms with van der Waals surface area (Å²) in [4.78, 5) is 0. The van der Waals surface area contributed by atoms with Crippen molar-refractivity contribution in [2.24, 2.45) is 0 Å². The highest BCUT2D eigenvalue weighted by molar-refractivity contribution is 5.36. The first-order valence-electron chi connectivity index (χ1n) is 6.03. The van der Waals surface area contributed by atoms with Gasteiger partial charge in [0, 0.05) is 24.3 Å². The monoisotopic (exact) mass is 229 g/mol. The normalized spacial score (nSPS) is 12.7. The second kappa shape index (κ2) is 5.04. The van der Waals surface area contributed by atoms with Crippen molar-refractivity contribution in [3.63, 3.8) is 0 Å². The Kier molecular flexibility index (Phi) is 3.47. The molecule has 2 rings (SSSR count). The van der Waals surface area contributed by atoms with Crippen LogP contribution in [-0.2, 0) is 0 Å². The summed E-state index contributed by atoms with van der Waals surface area (Å²) in [5, 5.41) is 7.88. The van der Waals surface area contributed by atoms with E-state index in [1.165, 1.54) is 5.56 Å². The summed E-state index contributed by atoms with van der Waals surface area (Å²) in [7, 11) is 0. The van der Waals surface area contributed by atoms with Crippen molar-refractivity contribution in [1.82, 2.24) is 9.78 Å². The van der Waals surface area contributed by atoms with Gasteiger partial charge >= 0.3 is 0 Å². The van der Waals surface area contributed by atoms with Crippen LogP contribution in [0.5, 0.6) is 0 Å². The van der Waals surface area contributed by atoms with Crippen LogP contribution in [0.4, 0.5) is 5.82 Å². The van der Waals surface area contributed by atoms with Gasteiger partial charge in [-0.05, 0) is 26.3 Å². The van der Waals surface area contributed by atoms with Crippen LogP contribution in [0.1, 0.15) is 38.4 Å². The van der Waals surface area contributed by atoms with E-state index in [2.05, 4.69) is 55.5 Å². The van der Waals surface area contributed by atoms with Gasteiger partial charge in [0.2, 0.25) is 0 Å². The molecule has 1 N–H and O–H groups in total. The average molecular weight is 229 g/mol. The molecule has 0 aliphatic rings. The maximum Gasteiger partial charge on any atom is 0.148 e. The van der Waals surface area contributed by atoms with Gasteiger partial charge in [0.25, 0.3) is 0 Å². The van der Waals surface area contributed by atoms with Crippen molar-refractivity contribution >= 4 is 5.82 Å². The zero-order valence-corrected chi connectivity index (χ0v) is 10.6. The molecular weight excluding hydrogens is 210 g/mol. The maximum absolute atomic E-state index is 4.48. The van der Waals surface area contributed by atoms with Crippen LogP contribution >= 0.6 is 0 Å². The number of rotatable bonds is 4. The van der Waals surface area contributed by atoms with Crippen molar-refractivity contribution in [3.8, 4) is 0 Å². The Balaban J connectivity index is 2.05. The molecule has 0 spiro atoms. The van der Waals surface area contributed by atoms with Crippen LogP contribution in [-0.4, -0.2) is 9.78 Å². The molecule has 0 aliphatic heterocycles. The van der Waals surface area contributed by atoms with Crippen LogP contribution in [0.2, 0.25) is 0 Å². The van der Waals surface area contributed by atoms with Crippen molar-refractivity contribution in [2.75, 3.05) is 5.32 Å². The molecule has 17 heavy (non-hydrogen) atoms. The first-order chi connectivity index (χ1) is 8.16. The van der Waals surface area contributed by atoms with E-state index in [-0.39, 0.29) is 6.04 Å². The minimum absolute atomic E-state index is 0.270. The zero-order chi connectivity index (χ0) is 12.3. The highest BCUT2D eigenvalue weighted by Crippen LogP contribution is 2.18. The average Bonchev–Trinajstić information content (AvgIpc) is 2.79. The molecule has 0 saturated carbocycles. The summed E-state index contributed by atoms with van der Waals surface area (Å²) < 4.78 is 1.96. The summed E-state index contributed by atoms with van der Waals surface area (Å²) in [6.45, 7) is 6.39. The summed E-state index contributed by atoms with van der Waals surface area (Å²) >= 11 is 0. The molecule has 3 nitrogen and oxygen atoms in total. The van der Waals surface area contributed by atoms with E-state index < -0.39 is 0 Å². The summed E-state index contributed by atoms with van der Waals surface area (Å²) in [5.74, 6) is 0.926.